The lowest BCUT2D eigenvalue weighted by molar-refractivity contribution is 0.0159. The Kier molecular flexibility index (Phi) is 5.84. The SMILES string of the molecule is Nc1nccc(C(O)C(O)CNC(=O)OCc2ccccc2)n1. The number of nitrogen functional groups attached to an aromatic ring is 1. The van der Waals surface area contributed by atoms with Gasteiger partial charge in [-0.2, -0.15) is 0 Å². The highest BCUT2D eigenvalue weighted by atomic mass is 16.5. The average Bonchev–Trinajstić information content (AvgIpc) is 2.58. The van der Waals surface area contributed by atoms with Crippen LogP contribution in [0.2, 0.25) is 0 Å². The number of ether oxygens (including phenoxy) is 1. The minimum Gasteiger partial charge on any atom is -0.445 e. The number of nitrogens with one attached hydrogen (secondary N) is 1. The highest BCUT2D eigenvalue weighted by Crippen LogP contribution is 2.14. The number of anilines is 1. The third kappa shape index (κ3) is 5.20. The van der Waals surface area contributed by atoms with Crippen LogP contribution >= 0.6 is 0 Å². The first-order chi connectivity index (χ1) is 11.1. The van der Waals surface area contributed by atoms with Gasteiger partial charge in [-0.3, -0.25) is 0 Å². The molecule has 0 fully saturated rings. The summed E-state index contributed by atoms with van der Waals surface area (Å²) < 4.78 is 4.99. The van der Waals surface area contributed by atoms with E-state index in [4.69, 9.17) is 10.5 Å². The molecule has 23 heavy (non-hydrogen) atoms. The Hall–Kier alpha value is -2.71. The van der Waals surface area contributed by atoms with Crippen molar-refractivity contribution in [3.05, 3.63) is 53.9 Å². The topological polar surface area (TPSA) is 131 Å². The molecule has 2 unspecified atom stereocenters. The van der Waals surface area contributed by atoms with Gasteiger partial charge in [0.25, 0.3) is 0 Å². The molecule has 2 atom stereocenters. The Balaban J connectivity index is 1.77. The number of alkyl carbamates (subject to hydrolysis) is 1. The minimum absolute atomic E-state index is 0.0102. The molecule has 122 valence electrons. The number of nitrogens with zero attached hydrogens (tertiary/aromatic N) is 2. The van der Waals surface area contributed by atoms with Crippen LogP contribution in [-0.4, -0.2) is 38.9 Å². The molecule has 1 aromatic carbocycles. The van der Waals surface area contributed by atoms with Crippen LogP contribution in [0, 0.1) is 0 Å². The molecule has 5 N–H and O–H groups in total. The number of hydrogen-bond donors (Lipinski definition) is 4. The second kappa shape index (κ2) is 8.06. The number of benzene rings is 1. The fourth-order valence-corrected chi connectivity index (χ4v) is 1.82. The molecule has 8 nitrogen and oxygen atoms in total. The van der Waals surface area contributed by atoms with Gasteiger partial charge in [0.1, 0.15) is 18.8 Å². The van der Waals surface area contributed by atoms with Crippen LogP contribution in [0.25, 0.3) is 0 Å². The molecular weight excluding hydrogens is 300 g/mol. The Bertz CT molecular complexity index is 638. The first kappa shape index (κ1) is 16.7. The molecule has 0 aliphatic heterocycles. The van der Waals surface area contributed by atoms with Crippen molar-refractivity contribution in [2.75, 3.05) is 12.3 Å². The summed E-state index contributed by atoms with van der Waals surface area (Å²) in [5.41, 5.74) is 6.43. The molecule has 1 heterocycles. The van der Waals surface area contributed by atoms with Gasteiger partial charge in [-0.05, 0) is 11.6 Å². The molecule has 0 saturated carbocycles. The second-order valence-electron chi connectivity index (χ2n) is 4.79. The van der Waals surface area contributed by atoms with E-state index in [-0.39, 0.29) is 24.8 Å². The Morgan fingerprint density at radius 3 is 2.70 bits per heavy atom. The molecule has 0 spiro atoms. The quantitative estimate of drug-likeness (QED) is 0.605. The fraction of sp³-hybridized carbons (Fsp3) is 0.267. The van der Waals surface area contributed by atoms with Crippen molar-refractivity contribution in [1.29, 1.82) is 0 Å². The first-order valence-electron chi connectivity index (χ1n) is 6.95. The third-order valence-electron chi connectivity index (χ3n) is 3.03. The zero-order valence-electron chi connectivity index (χ0n) is 12.3. The number of carbonyl (C=O) groups is 1. The van der Waals surface area contributed by atoms with Crippen LogP contribution in [0.4, 0.5) is 10.7 Å². The summed E-state index contributed by atoms with van der Waals surface area (Å²) in [6, 6.07) is 10.6. The van der Waals surface area contributed by atoms with Gasteiger partial charge in [0, 0.05) is 12.7 Å². The van der Waals surface area contributed by atoms with Crippen molar-refractivity contribution in [1.82, 2.24) is 15.3 Å². The lowest BCUT2D eigenvalue weighted by atomic mass is 10.1. The molecule has 0 aliphatic rings. The summed E-state index contributed by atoms with van der Waals surface area (Å²) in [6.45, 7) is -0.0769. The van der Waals surface area contributed by atoms with Gasteiger partial charge in [-0.25, -0.2) is 14.8 Å². The van der Waals surface area contributed by atoms with Gasteiger partial charge in [-0.15, -0.1) is 0 Å². The molecule has 0 radical (unpaired) electrons. The zero-order valence-corrected chi connectivity index (χ0v) is 12.3. The maximum absolute atomic E-state index is 11.6. The monoisotopic (exact) mass is 318 g/mol. The summed E-state index contributed by atoms with van der Waals surface area (Å²) in [5, 5.41) is 22.2. The van der Waals surface area contributed by atoms with E-state index in [1.165, 1.54) is 12.3 Å². The van der Waals surface area contributed by atoms with Crippen molar-refractivity contribution in [2.45, 2.75) is 18.8 Å². The Labute approximate surface area is 133 Å². The normalized spacial score (nSPS) is 13.1. The van der Waals surface area contributed by atoms with Gasteiger partial charge < -0.3 is 26.0 Å². The van der Waals surface area contributed by atoms with Crippen molar-refractivity contribution in [2.24, 2.45) is 0 Å². The minimum atomic E-state index is -1.30. The smallest absolute Gasteiger partial charge is 0.407 e. The largest absolute Gasteiger partial charge is 0.445 e. The first-order valence-corrected chi connectivity index (χ1v) is 6.95. The van der Waals surface area contributed by atoms with Crippen LogP contribution in [0.5, 0.6) is 0 Å². The van der Waals surface area contributed by atoms with Gasteiger partial charge in [-0.1, -0.05) is 30.3 Å². The number of aliphatic hydroxyl groups is 2. The lowest BCUT2D eigenvalue weighted by Crippen LogP contribution is -2.36. The van der Waals surface area contributed by atoms with E-state index in [2.05, 4.69) is 15.3 Å². The highest BCUT2D eigenvalue weighted by molar-refractivity contribution is 5.67. The maximum atomic E-state index is 11.6. The molecular formula is C15H18N4O4. The van der Waals surface area contributed by atoms with Gasteiger partial charge >= 0.3 is 6.09 Å². The van der Waals surface area contributed by atoms with Gasteiger partial charge in [0.05, 0.1) is 5.69 Å². The number of nitrogens with two attached hydrogens (primary N) is 1. The van der Waals surface area contributed by atoms with E-state index >= 15 is 0 Å². The summed E-state index contributed by atoms with van der Waals surface area (Å²) in [7, 11) is 0. The molecule has 2 rings (SSSR count). The maximum Gasteiger partial charge on any atom is 0.407 e. The molecule has 0 saturated heterocycles. The number of hydrogen-bond acceptors (Lipinski definition) is 7. The molecule has 2 aromatic rings. The zero-order chi connectivity index (χ0) is 16.7. The van der Waals surface area contributed by atoms with Crippen LogP contribution in [-0.2, 0) is 11.3 Å². The summed E-state index contributed by atoms with van der Waals surface area (Å²) >= 11 is 0. The summed E-state index contributed by atoms with van der Waals surface area (Å²) in [5.74, 6) is -0.0102. The lowest BCUT2D eigenvalue weighted by Gasteiger charge is -2.17. The molecule has 1 aromatic heterocycles. The Morgan fingerprint density at radius 1 is 1.26 bits per heavy atom. The number of aliphatic hydroxyl groups excluding tert-OH is 2. The second-order valence-corrected chi connectivity index (χ2v) is 4.79. The van der Waals surface area contributed by atoms with Crippen LogP contribution < -0.4 is 11.1 Å². The summed E-state index contributed by atoms with van der Waals surface area (Å²) in [6.07, 6.45) is -1.87. The Morgan fingerprint density at radius 2 is 2.00 bits per heavy atom. The van der Waals surface area contributed by atoms with E-state index < -0.39 is 18.3 Å². The van der Waals surface area contributed by atoms with E-state index in [0.717, 1.165) is 5.56 Å². The van der Waals surface area contributed by atoms with Gasteiger partial charge in [0.15, 0.2) is 0 Å². The van der Waals surface area contributed by atoms with Crippen molar-refractivity contribution >= 4 is 12.0 Å². The third-order valence-corrected chi connectivity index (χ3v) is 3.03. The molecule has 8 heteroatoms. The molecule has 0 bridgehead atoms. The van der Waals surface area contributed by atoms with Crippen molar-refractivity contribution in [3.63, 3.8) is 0 Å². The van der Waals surface area contributed by atoms with Crippen molar-refractivity contribution in [3.8, 4) is 0 Å². The summed E-state index contributed by atoms with van der Waals surface area (Å²) in [4.78, 5) is 19.1. The number of carbonyl (C=O) groups excluding carboxylic acids is 1. The van der Waals surface area contributed by atoms with E-state index in [9.17, 15) is 15.0 Å². The van der Waals surface area contributed by atoms with Crippen molar-refractivity contribution < 1.29 is 19.7 Å². The average molecular weight is 318 g/mol. The van der Waals surface area contributed by atoms with Gasteiger partial charge in [0.2, 0.25) is 5.95 Å². The molecule has 1 amide bonds. The van der Waals surface area contributed by atoms with E-state index in [0.29, 0.717) is 0 Å². The van der Waals surface area contributed by atoms with Crippen LogP contribution in [0.15, 0.2) is 42.6 Å². The predicted octanol–water partition coefficient (Wildman–Crippen LogP) is 0.379. The standard InChI is InChI=1S/C15H18N4O4/c16-14-17-7-6-11(19-14)13(21)12(20)8-18-15(22)23-9-10-4-2-1-3-5-10/h1-7,12-13,20-21H,8-9H2,(H,18,22)(H2,16,17,19). The predicted molar refractivity (Wildman–Crippen MR) is 82.0 cm³/mol. The number of rotatable bonds is 6. The molecule has 0 aliphatic carbocycles. The fourth-order valence-electron chi connectivity index (χ4n) is 1.82. The number of aromatic nitrogens is 2. The van der Waals surface area contributed by atoms with Crippen LogP contribution in [0.1, 0.15) is 17.4 Å². The number of amides is 1. The highest BCUT2D eigenvalue weighted by Gasteiger charge is 2.21. The van der Waals surface area contributed by atoms with Crippen LogP contribution in [0.3, 0.4) is 0 Å². The van der Waals surface area contributed by atoms with E-state index in [1.54, 1.807) is 0 Å². The van der Waals surface area contributed by atoms with E-state index in [1.807, 2.05) is 30.3 Å².